The second-order valence-corrected chi connectivity index (χ2v) is 10.9. The first-order chi connectivity index (χ1) is 11.5. The first kappa shape index (κ1) is 20.2. The Labute approximate surface area is 153 Å². The van der Waals surface area contributed by atoms with Crippen molar-refractivity contribution in [1.82, 2.24) is 9.21 Å². The van der Waals surface area contributed by atoms with Crippen molar-refractivity contribution in [3.05, 3.63) is 28.8 Å². The van der Waals surface area contributed by atoms with Gasteiger partial charge in [0.25, 0.3) is 5.91 Å². The fourth-order valence-electron chi connectivity index (χ4n) is 2.78. The number of sulfonamides is 1. The van der Waals surface area contributed by atoms with Crippen molar-refractivity contribution in [1.29, 1.82) is 0 Å². The van der Waals surface area contributed by atoms with E-state index in [9.17, 15) is 21.6 Å². The Kier molecular flexibility index (Phi) is 5.82. The van der Waals surface area contributed by atoms with E-state index in [1.54, 1.807) is 6.92 Å². The number of benzene rings is 1. The molecule has 0 spiro atoms. The third kappa shape index (κ3) is 4.16. The van der Waals surface area contributed by atoms with Crippen LogP contribution in [0.1, 0.15) is 23.7 Å². The smallest absolute Gasteiger partial charge is 0.255 e. The minimum Gasteiger partial charge on any atom is -0.335 e. The predicted molar refractivity (Wildman–Crippen MR) is 96.1 cm³/mol. The average molecular weight is 409 g/mol. The van der Waals surface area contributed by atoms with E-state index in [-0.39, 0.29) is 27.0 Å². The summed E-state index contributed by atoms with van der Waals surface area (Å²) in [6.45, 7) is 2.05. The van der Waals surface area contributed by atoms with Gasteiger partial charge in [0.05, 0.1) is 27.0 Å². The summed E-state index contributed by atoms with van der Waals surface area (Å²) in [4.78, 5) is 14.3. The topological polar surface area (TPSA) is 91.8 Å². The Morgan fingerprint density at radius 3 is 2.44 bits per heavy atom. The van der Waals surface area contributed by atoms with Crippen LogP contribution >= 0.6 is 11.6 Å². The molecular formula is C15H21ClN2O5S2. The molecule has 1 atom stereocenters. The molecule has 1 saturated heterocycles. The van der Waals surface area contributed by atoms with Crippen LogP contribution in [0.4, 0.5) is 0 Å². The number of hydrogen-bond donors (Lipinski definition) is 0. The summed E-state index contributed by atoms with van der Waals surface area (Å²) in [6.07, 6.45) is 0.370. The van der Waals surface area contributed by atoms with E-state index < -0.39 is 31.8 Å². The number of hydrogen-bond acceptors (Lipinski definition) is 5. The van der Waals surface area contributed by atoms with Gasteiger partial charge in [-0.05, 0) is 31.5 Å². The molecule has 2 rings (SSSR count). The number of rotatable bonds is 5. The summed E-state index contributed by atoms with van der Waals surface area (Å²) in [7, 11) is -4.07. The molecule has 1 aliphatic rings. The van der Waals surface area contributed by atoms with Crippen LogP contribution in [0.3, 0.4) is 0 Å². The standard InChI is InChI=1S/C15H21ClN2O5S2/c1-4-18(11-7-8-24(20,21)10-11)15(19)13-9-12(5-6-14(13)16)25(22,23)17(2)3/h5-6,9,11H,4,7-8,10H2,1-3H3/t11-/m0/s1. The van der Waals surface area contributed by atoms with Crippen LogP contribution in [-0.2, 0) is 19.9 Å². The van der Waals surface area contributed by atoms with Gasteiger partial charge in [-0.2, -0.15) is 0 Å². The summed E-state index contributed by atoms with van der Waals surface area (Å²) in [5, 5.41) is 0.127. The first-order valence-electron chi connectivity index (χ1n) is 7.73. The summed E-state index contributed by atoms with van der Waals surface area (Å²) >= 11 is 6.11. The Hall–Kier alpha value is -1.16. The van der Waals surface area contributed by atoms with E-state index in [0.29, 0.717) is 13.0 Å². The van der Waals surface area contributed by atoms with Crippen LogP contribution in [0.2, 0.25) is 5.02 Å². The SMILES string of the molecule is CCN(C(=O)c1cc(S(=O)(=O)N(C)C)ccc1Cl)[C@H]1CCS(=O)(=O)C1. The number of carbonyl (C=O) groups excluding carboxylic acids is 1. The van der Waals surface area contributed by atoms with E-state index in [2.05, 4.69) is 0 Å². The molecule has 140 valence electrons. The summed E-state index contributed by atoms with van der Waals surface area (Å²) < 4.78 is 49.0. The maximum Gasteiger partial charge on any atom is 0.255 e. The van der Waals surface area contributed by atoms with Gasteiger partial charge in [-0.25, -0.2) is 21.1 Å². The second-order valence-electron chi connectivity index (χ2n) is 6.08. The predicted octanol–water partition coefficient (Wildman–Crippen LogP) is 1.24. The van der Waals surface area contributed by atoms with E-state index in [4.69, 9.17) is 11.6 Å². The van der Waals surface area contributed by atoms with E-state index in [1.807, 2.05) is 0 Å². The summed E-state index contributed by atoms with van der Waals surface area (Å²) in [5.74, 6) is -0.505. The van der Waals surface area contributed by atoms with Gasteiger partial charge in [-0.1, -0.05) is 11.6 Å². The molecule has 0 bridgehead atoms. The van der Waals surface area contributed by atoms with Crippen LogP contribution in [0.25, 0.3) is 0 Å². The molecule has 1 aromatic rings. The van der Waals surface area contributed by atoms with Crippen molar-refractivity contribution in [2.24, 2.45) is 0 Å². The van der Waals surface area contributed by atoms with Crippen LogP contribution < -0.4 is 0 Å². The Morgan fingerprint density at radius 2 is 1.96 bits per heavy atom. The van der Waals surface area contributed by atoms with E-state index in [1.165, 1.54) is 37.2 Å². The molecule has 0 radical (unpaired) electrons. The largest absolute Gasteiger partial charge is 0.335 e. The molecule has 0 saturated carbocycles. The van der Waals surface area contributed by atoms with E-state index >= 15 is 0 Å². The molecule has 10 heteroatoms. The molecule has 0 aliphatic carbocycles. The van der Waals surface area contributed by atoms with Crippen LogP contribution in [0, 0.1) is 0 Å². The van der Waals surface area contributed by atoms with Crippen molar-refractivity contribution in [2.45, 2.75) is 24.3 Å². The van der Waals surface area contributed by atoms with E-state index in [0.717, 1.165) is 4.31 Å². The Morgan fingerprint density at radius 1 is 1.32 bits per heavy atom. The molecule has 0 aromatic heterocycles. The highest BCUT2D eigenvalue weighted by atomic mass is 35.5. The van der Waals surface area contributed by atoms with Crippen molar-refractivity contribution < 1.29 is 21.6 Å². The lowest BCUT2D eigenvalue weighted by Gasteiger charge is -2.27. The van der Waals surface area contributed by atoms with Gasteiger partial charge in [0, 0.05) is 26.7 Å². The molecule has 1 fully saturated rings. The molecular weight excluding hydrogens is 388 g/mol. The van der Waals surface area contributed by atoms with Gasteiger partial charge >= 0.3 is 0 Å². The average Bonchev–Trinajstić information content (AvgIpc) is 2.87. The monoisotopic (exact) mass is 408 g/mol. The normalized spacial score (nSPS) is 20.0. The Bertz CT molecular complexity index is 881. The third-order valence-corrected chi connectivity index (χ3v) is 8.09. The first-order valence-corrected chi connectivity index (χ1v) is 11.4. The van der Waals surface area contributed by atoms with Crippen molar-refractivity contribution in [3.8, 4) is 0 Å². The van der Waals surface area contributed by atoms with Gasteiger partial charge in [-0.3, -0.25) is 4.79 Å². The zero-order valence-corrected chi connectivity index (χ0v) is 16.7. The summed E-state index contributed by atoms with van der Waals surface area (Å²) in [6, 6.07) is 3.52. The molecule has 1 aliphatic heterocycles. The maximum absolute atomic E-state index is 12.9. The second kappa shape index (κ2) is 7.22. The molecule has 7 nitrogen and oxygen atoms in total. The number of nitrogens with zero attached hydrogens (tertiary/aromatic N) is 2. The highest BCUT2D eigenvalue weighted by Gasteiger charge is 2.35. The lowest BCUT2D eigenvalue weighted by atomic mass is 10.1. The summed E-state index contributed by atoms with van der Waals surface area (Å²) in [5.41, 5.74) is 0.0516. The highest BCUT2D eigenvalue weighted by molar-refractivity contribution is 7.91. The number of carbonyl (C=O) groups is 1. The molecule has 1 heterocycles. The Balaban J connectivity index is 2.41. The lowest BCUT2D eigenvalue weighted by molar-refractivity contribution is 0.0708. The van der Waals surface area contributed by atoms with Crippen LogP contribution in [0.5, 0.6) is 0 Å². The molecule has 0 N–H and O–H groups in total. The third-order valence-electron chi connectivity index (χ3n) is 4.20. The quantitative estimate of drug-likeness (QED) is 0.730. The van der Waals surface area contributed by atoms with Crippen LogP contribution in [-0.4, -0.2) is 70.1 Å². The molecule has 1 amide bonds. The van der Waals surface area contributed by atoms with Gasteiger partial charge in [0.15, 0.2) is 9.84 Å². The van der Waals surface area contributed by atoms with Crippen LogP contribution in [0.15, 0.2) is 23.1 Å². The fraction of sp³-hybridized carbons (Fsp3) is 0.533. The molecule has 0 unspecified atom stereocenters. The number of sulfone groups is 1. The minimum atomic E-state index is -3.71. The zero-order chi connectivity index (χ0) is 19.0. The minimum absolute atomic E-state index is 0.0413. The zero-order valence-electron chi connectivity index (χ0n) is 14.3. The number of halogens is 1. The lowest BCUT2D eigenvalue weighted by Crippen LogP contribution is -2.41. The van der Waals surface area contributed by atoms with Gasteiger partial charge < -0.3 is 4.90 Å². The van der Waals surface area contributed by atoms with Gasteiger partial charge in [-0.15, -0.1) is 0 Å². The van der Waals surface area contributed by atoms with Gasteiger partial charge in [0.2, 0.25) is 10.0 Å². The van der Waals surface area contributed by atoms with Gasteiger partial charge in [0.1, 0.15) is 0 Å². The molecule has 1 aromatic carbocycles. The highest BCUT2D eigenvalue weighted by Crippen LogP contribution is 2.26. The van der Waals surface area contributed by atoms with Crippen molar-refractivity contribution >= 4 is 37.4 Å². The molecule has 25 heavy (non-hydrogen) atoms. The maximum atomic E-state index is 12.9. The van der Waals surface area contributed by atoms with Crippen molar-refractivity contribution in [2.75, 3.05) is 32.1 Å². The fourth-order valence-corrected chi connectivity index (χ4v) is 5.64. The van der Waals surface area contributed by atoms with Crippen molar-refractivity contribution in [3.63, 3.8) is 0 Å². The number of amides is 1.